The van der Waals surface area contributed by atoms with E-state index >= 15 is 0 Å². The quantitative estimate of drug-likeness (QED) is 0.806. The number of fused-ring (bicyclic) bond motifs is 1. The minimum atomic E-state index is -0.145. The van der Waals surface area contributed by atoms with Gasteiger partial charge in [0.1, 0.15) is 0 Å². The number of hydrogen-bond acceptors (Lipinski definition) is 3. The summed E-state index contributed by atoms with van der Waals surface area (Å²) in [5.74, 6) is 3.05. The first kappa shape index (κ1) is 19.5. The zero-order chi connectivity index (χ0) is 17.2. The van der Waals surface area contributed by atoms with E-state index in [0.29, 0.717) is 11.6 Å². The standard InChI is InChI=1S/C9H10N2O2.C8H16.C2H6/c1-2-6-3-4-7-9(10-6)11-8(12)5-13-7;1-7-5-3-4-6-8(7)2;1-2/h3-4H,2,5H2,1H3,(H,10,11,12);7-8H,3-6H2,1-2H3;1-2H3. The Kier molecular flexibility index (Phi) is 8.67. The molecule has 3 rings (SSSR count). The Morgan fingerprint density at radius 1 is 1.17 bits per heavy atom. The Hall–Kier alpha value is -1.58. The molecule has 2 atom stereocenters. The van der Waals surface area contributed by atoms with Crippen LogP contribution in [0.4, 0.5) is 5.82 Å². The SMILES string of the molecule is CC.CC1CCCCC1C.CCc1ccc2c(n1)NC(=O)CO2. The first-order valence-corrected chi connectivity index (χ1v) is 9.02. The first-order valence-electron chi connectivity index (χ1n) is 9.02. The van der Waals surface area contributed by atoms with Crippen molar-refractivity contribution in [3.8, 4) is 5.75 Å². The maximum atomic E-state index is 10.9. The number of aromatic nitrogens is 1. The van der Waals surface area contributed by atoms with Gasteiger partial charge in [-0.05, 0) is 30.4 Å². The summed E-state index contributed by atoms with van der Waals surface area (Å²) in [5.41, 5.74) is 0.949. The molecule has 23 heavy (non-hydrogen) atoms. The van der Waals surface area contributed by atoms with Crippen LogP contribution >= 0.6 is 0 Å². The maximum absolute atomic E-state index is 10.9. The van der Waals surface area contributed by atoms with Crippen molar-refractivity contribution in [3.63, 3.8) is 0 Å². The molecule has 2 heterocycles. The van der Waals surface area contributed by atoms with E-state index in [1.54, 1.807) is 0 Å². The lowest BCUT2D eigenvalue weighted by atomic mass is 9.82. The highest BCUT2D eigenvalue weighted by molar-refractivity contribution is 5.94. The van der Waals surface area contributed by atoms with Gasteiger partial charge in [-0.3, -0.25) is 4.79 Å². The Morgan fingerprint density at radius 2 is 1.78 bits per heavy atom. The fourth-order valence-electron chi connectivity index (χ4n) is 2.70. The van der Waals surface area contributed by atoms with E-state index in [0.717, 1.165) is 24.0 Å². The van der Waals surface area contributed by atoms with Crippen LogP contribution in [0.1, 0.15) is 66.0 Å². The Bertz CT molecular complexity index is 478. The molecule has 2 aliphatic rings. The van der Waals surface area contributed by atoms with Crippen LogP contribution in [0.25, 0.3) is 0 Å². The number of nitrogens with zero attached hydrogens (tertiary/aromatic N) is 1. The van der Waals surface area contributed by atoms with Crippen LogP contribution in [0.15, 0.2) is 12.1 Å². The smallest absolute Gasteiger partial charge is 0.263 e. The summed E-state index contributed by atoms with van der Waals surface area (Å²) in [7, 11) is 0. The fourth-order valence-corrected chi connectivity index (χ4v) is 2.70. The van der Waals surface area contributed by atoms with E-state index in [2.05, 4.69) is 24.1 Å². The van der Waals surface area contributed by atoms with Crippen molar-refractivity contribution < 1.29 is 9.53 Å². The van der Waals surface area contributed by atoms with E-state index in [4.69, 9.17) is 4.74 Å². The zero-order valence-electron chi connectivity index (χ0n) is 15.3. The van der Waals surface area contributed by atoms with Crippen molar-refractivity contribution in [2.24, 2.45) is 11.8 Å². The van der Waals surface area contributed by atoms with Gasteiger partial charge in [0.25, 0.3) is 5.91 Å². The molecule has 1 aromatic rings. The van der Waals surface area contributed by atoms with Gasteiger partial charge < -0.3 is 10.1 Å². The second-order valence-corrected chi connectivity index (χ2v) is 6.08. The Morgan fingerprint density at radius 3 is 2.30 bits per heavy atom. The van der Waals surface area contributed by atoms with E-state index in [-0.39, 0.29) is 12.5 Å². The first-order chi connectivity index (χ1) is 11.1. The third-order valence-electron chi connectivity index (χ3n) is 4.44. The Labute approximate surface area is 141 Å². The van der Waals surface area contributed by atoms with Crippen LogP contribution in [0, 0.1) is 11.8 Å². The molecule has 1 aliphatic carbocycles. The predicted molar refractivity (Wildman–Crippen MR) is 95.9 cm³/mol. The molecule has 0 spiro atoms. The molecule has 4 nitrogen and oxygen atoms in total. The van der Waals surface area contributed by atoms with Gasteiger partial charge in [-0.25, -0.2) is 4.98 Å². The number of aryl methyl sites for hydroxylation is 1. The summed E-state index contributed by atoms with van der Waals surface area (Å²) in [6.45, 7) is 10.9. The second kappa shape index (κ2) is 10.2. The highest BCUT2D eigenvalue weighted by Crippen LogP contribution is 2.28. The lowest BCUT2D eigenvalue weighted by Gasteiger charge is -2.24. The van der Waals surface area contributed by atoms with Crippen molar-refractivity contribution in [1.29, 1.82) is 0 Å². The molecule has 1 aromatic heterocycles. The largest absolute Gasteiger partial charge is 0.480 e. The van der Waals surface area contributed by atoms with Crippen LogP contribution in [0.3, 0.4) is 0 Å². The van der Waals surface area contributed by atoms with E-state index in [9.17, 15) is 4.79 Å². The number of amides is 1. The third-order valence-corrected chi connectivity index (χ3v) is 4.44. The van der Waals surface area contributed by atoms with Crippen molar-refractivity contribution in [2.45, 2.75) is 66.7 Å². The highest BCUT2D eigenvalue weighted by Gasteiger charge is 2.17. The van der Waals surface area contributed by atoms with Gasteiger partial charge in [-0.15, -0.1) is 0 Å². The average Bonchev–Trinajstić information content (AvgIpc) is 2.59. The number of nitrogens with one attached hydrogen (secondary N) is 1. The molecule has 130 valence electrons. The minimum absolute atomic E-state index is 0.0835. The van der Waals surface area contributed by atoms with Crippen LogP contribution < -0.4 is 10.1 Å². The zero-order valence-corrected chi connectivity index (χ0v) is 15.3. The summed E-state index contributed by atoms with van der Waals surface area (Å²) >= 11 is 0. The van der Waals surface area contributed by atoms with E-state index in [1.807, 2.05) is 32.9 Å². The fraction of sp³-hybridized carbons (Fsp3) is 0.684. The summed E-state index contributed by atoms with van der Waals surface area (Å²) in [6.07, 6.45) is 6.75. The normalized spacial score (nSPS) is 22.2. The number of ether oxygens (including phenoxy) is 1. The number of anilines is 1. The molecular formula is C19H32N2O2. The predicted octanol–water partition coefficient (Wildman–Crippen LogP) is 4.83. The van der Waals surface area contributed by atoms with Gasteiger partial charge in [0.05, 0.1) is 0 Å². The van der Waals surface area contributed by atoms with E-state index < -0.39 is 0 Å². The molecule has 0 radical (unpaired) electrons. The minimum Gasteiger partial charge on any atom is -0.480 e. The van der Waals surface area contributed by atoms with Gasteiger partial charge in [0.2, 0.25) is 0 Å². The van der Waals surface area contributed by atoms with Crippen molar-refractivity contribution in [3.05, 3.63) is 17.8 Å². The molecule has 0 aromatic carbocycles. The Balaban J connectivity index is 0.000000228. The highest BCUT2D eigenvalue weighted by atomic mass is 16.5. The van der Waals surface area contributed by atoms with Crippen LogP contribution in [-0.4, -0.2) is 17.5 Å². The molecule has 1 aliphatic heterocycles. The molecule has 4 heteroatoms. The van der Waals surface area contributed by atoms with Crippen LogP contribution in [0.2, 0.25) is 0 Å². The molecule has 2 unspecified atom stereocenters. The lowest BCUT2D eigenvalue weighted by molar-refractivity contribution is -0.118. The molecule has 1 saturated carbocycles. The number of hydrogen-bond donors (Lipinski definition) is 1. The van der Waals surface area contributed by atoms with Crippen molar-refractivity contribution >= 4 is 11.7 Å². The number of rotatable bonds is 1. The van der Waals surface area contributed by atoms with Gasteiger partial charge >= 0.3 is 0 Å². The molecule has 1 N–H and O–H groups in total. The monoisotopic (exact) mass is 320 g/mol. The van der Waals surface area contributed by atoms with Crippen molar-refractivity contribution in [2.75, 3.05) is 11.9 Å². The molecular weight excluding hydrogens is 288 g/mol. The van der Waals surface area contributed by atoms with Crippen molar-refractivity contribution in [1.82, 2.24) is 4.98 Å². The number of pyridine rings is 1. The summed E-state index contributed by atoms with van der Waals surface area (Å²) in [4.78, 5) is 15.2. The van der Waals surface area contributed by atoms with Crippen LogP contribution in [-0.2, 0) is 11.2 Å². The molecule has 0 saturated heterocycles. The third kappa shape index (κ3) is 6.20. The van der Waals surface area contributed by atoms with Gasteiger partial charge in [0.15, 0.2) is 18.2 Å². The van der Waals surface area contributed by atoms with Crippen LogP contribution in [0.5, 0.6) is 5.75 Å². The lowest BCUT2D eigenvalue weighted by Crippen LogP contribution is -2.26. The average molecular weight is 320 g/mol. The summed E-state index contributed by atoms with van der Waals surface area (Å²) < 4.78 is 5.16. The topological polar surface area (TPSA) is 51.2 Å². The molecule has 0 bridgehead atoms. The van der Waals surface area contributed by atoms with Gasteiger partial charge in [-0.2, -0.15) is 0 Å². The molecule has 1 amide bonds. The second-order valence-electron chi connectivity index (χ2n) is 6.08. The van der Waals surface area contributed by atoms with Gasteiger partial charge in [-0.1, -0.05) is 60.3 Å². The maximum Gasteiger partial charge on any atom is 0.263 e. The van der Waals surface area contributed by atoms with Gasteiger partial charge in [0, 0.05) is 5.69 Å². The van der Waals surface area contributed by atoms with E-state index in [1.165, 1.54) is 25.7 Å². The number of carbonyl (C=O) groups excluding carboxylic acids is 1. The summed E-state index contributed by atoms with van der Waals surface area (Å²) in [5, 5.41) is 2.66. The number of carbonyl (C=O) groups is 1. The summed E-state index contributed by atoms with van der Waals surface area (Å²) in [6, 6.07) is 3.73. The molecule has 1 fully saturated rings.